The molecular weight excluding hydrogens is 316 g/mol. The smallest absolute Gasteiger partial charge is 0.255 e. The van der Waals surface area contributed by atoms with Gasteiger partial charge in [0.15, 0.2) is 0 Å². The summed E-state index contributed by atoms with van der Waals surface area (Å²) in [5, 5.41) is 5.67. The van der Waals surface area contributed by atoms with E-state index in [0.29, 0.717) is 17.0 Å². The molecule has 1 heterocycles. The second-order valence-corrected chi connectivity index (χ2v) is 6.63. The molecule has 1 aliphatic heterocycles. The zero-order chi connectivity index (χ0) is 15.5. The van der Waals surface area contributed by atoms with Crippen molar-refractivity contribution in [2.45, 2.75) is 9.79 Å². The summed E-state index contributed by atoms with van der Waals surface area (Å²) in [5.41, 5.74) is 1.98. The van der Waals surface area contributed by atoms with Crippen molar-refractivity contribution >= 4 is 46.7 Å². The zero-order valence-electron chi connectivity index (χ0n) is 11.9. The molecule has 22 heavy (non-hydrogen) atoms. The minimum atomic E-state index is -0.189. The third kappa shape index (κ3) is 3.28. The highest BCUT2D eigenvalue weighted by atomic mass is 32.2. The predicted octanol–water partition coefficient (Wildman–Crippen LogP) is 3.71. The molecular formula is C16H14N2O2S2. The molecule has 0 unspecified atom stereocenters. The lowest BCUT2D eigenvalue weighted by Gasteiger charge is -2.17. The Morgan fingerprint density at radius 3 is 2.95 bits per heavy atom. The van der Waals surface area contributed by atoms with Gasteiger partial charge in [-0.2, -0.15) is 0 Å². The largest absolute Gasteiger partial charge is 0.324 e. The Bertz CT molecular complexity index is 747. The van der Waals surface area contributed by atoms with E-state index in [0.717, 1.165) is 15.5 Å². The van der Waals surface area contributed by atoms with E-state index < -0.39 is 0 Å². The number of carbonyl (C=O) groups excluding carboxylic acids is 2. The standard InChI is InChI=1S/C16H14N2O2S2/c1-21-12-4-2-3-11(8-12)17-16(20)10-5-6-14-13(7-10)18-15(19)9-22-14/h2-8H,9H2,1H3,(H,17,20)(H,18,19). The van der Waals surface area contributed by atoms with E-state index in [1.54, 1.807) is 23.9 Å². The molecule has 0 aliphatic carbocycles. The molecule has 112 valence electrons. The van der Waals surface area contributed by atoms with E-state index in [1.165, 1.54) is 11.8 Å². The van der Waals surface area contributed by atoms with Crippen molar-refractivity contribution in [3.8, 4) is 0 Å². The summed E-state index contributed by atoms with van der Waals surface area (Å²) in [6, 6.07) is 13.0. The first-order valence-corrected chi connectivity index (χ1v) is 8.89. The van der Waals surface area contributed by atoms with Gasteiger partial charge >= 0.3 is 0 Å². The highest BCUT2D eigenvalue weighted by Gasteiger charge is 2.17. The Kier molecular flexibility index (Phi) is 4.40. The minimum Gasteiger partial charge on any atom is -0.324 e. The Morgan fingerprint density at radius 2 is 2.14 bits per heavy atom. The fourth-order valence-corrected chi connectivity index (χ4v) is 3.38. The molecule has 0 saturated carbocycles. The molecule has 4 nitrogen and oxygen atoms in total. The molecule has 0 bridgehead atoms. The van der Waals surface area contributed by atoms with E-state index in [4.69, 9.17) is 0 Å². The van der Waals surface area contributed by atoms with Crippen LogP contribution in [0.5, 0.6) is 0 Å². The van der Waals surface area contributed by atoms with Crippen LogP contribution < -0.4 is 10.6 Å². The van der Waals surface area contributed by atoms with Gasteiger partial charge < -0.3 is 10.6 Å². The molecule has 2 amide bonds. The third-order valence-corrected chi connectivity index (χ3v) is 5.00. The first kappa shape index (κ1) is 15.0. The van der Waals surface area contributed by atoms with Crippen molar-refractivity contribution in [2.24, 2.45) is 0 Å². The summed E-state index contributed by atoms with van der Waals surface area (Å²) in [7, 11) is 0. The molecule has 2 aromatic rings. The van der Waals surface area contributed by atoms with Gasteiger partial charge in [0.1, 0.15) is 0 Å². The first-order valence-electron chi connectivity index (χ1n) is 6.68. The van der Waals surface area contributed by atoms with Crippen molar-refractivity contribution < 1.29 is 9.59 Å². The third-order valence-electron chi connectivity index (χ3n) is 3.20. The number of nitrogens with one attached hydrogen (secondary N) is 2. The van der Waals surface area contributed by atoms with E-state index >= 15 is 0 Å². The van der Waals surface area contributed by atoms with Crippen molar-refractivity contribution in [1.29, 1.82) is 0 Å². The van der Waals surface area contributed by atoms with E-state index in [-0.39, 0.29) is 11.8 Å². The van der Waals surface area contributed by atoms with E-state index in [1.807, 2.05) is 36.6 Å². The topological polar surface area (TPSA) is 58.2 Å². The van der Waals surface area contributed by atoms with Gasteiger partial charge in [-0.1, -0.05) is 6.07 Å². The summed E-state index contributed by atoms with van der Waals surface area (Å²) in [6.45, 7) is 0. The van der Waals surface area contributed by atoms with Gasteiger partial charge in [-0.25, -0.2) is 0 Å². The van der Waals surface area contributed by atoms with Crippen LogP contribution in [0.4, 0.5) is 11.4 Å². The summed E-state index contributed by atoms with van der Waals surface area (Å²) in [4.78, 5) is 25.9. The molecule has 1 aliphatic rings. The average Bonchev–Trinajstić information content (AvgIpc) is 2.54. The number of rotatable bonds is 3. The maximum absolute atomic E-state index is 12.3. The second kappa shape index (κ2) is 6.46. The monoisotopic (exact) mass is 330 g/mol. The fraction of sp³-hybridized carbons (Fsp3) is 0.125. The van der Waals surface area contributed by atoms with Crippen LogP contribution in [-0.4, -0.2) is 23.8 Å². The number of thioether (sulfide) groups is 2. The number of fused-ring (bicyclic) bond motifs is 1. The maximum atomic E-state index is 12.3. The van der Waals surface area contributed by atoms with Gasteiger partial charge in [-0.05, 0) is 42.7 Å². The molecule has 0 atom stereocenters. The van der Waals surface area contributed by atoms with Crippen LogP contribution >= 0.6 is 23.5 Å². The lowest BCUT2D eigenvalue weighted by Crippen LogP contribution is -2.19. The Morgan fingerprint density at radius 1 is 1.27 bits per heavy atom. The quantitative estimate of drug-likeness (QED) is 0.843. The van der Waals surface area contributed by atoms with Crippen LogP contribution in [0.1, 0.15) is 10.4 Å². The lowest BCUT2D eigenvalue weighted by atomic mass is 10.1. The number of hydrogen-bond donors (Lipinski definition) is 2. The second-order valence-electron chi connectivity index (χ2n) is 4.73. The van der Waals surface area contributed by atoms with Gasteiger partial charge in [0.2, 0.25) is 5.91 Å². The number of carbonyl (C=O) groups is 2. The normalized spacial score (nSPS) is 13.2. The Labute approximate surface area is 137 Å². The molecule has 0 aromatic heterocycles. The van der Waals surface area contributed by atoms with Crippen LogP contribution in [0.25, 0.3) is 0 Å². The van der Waals surface area contributed by atoms with Crippen LogP contribution in [0.2, 0.25) is 0 Å². The van der Waals surface area contributed by atoms with Crippen molar-refractivity contribution in [3.05, 3.63) is 48.0 Å². The van der Waals surface area contributed by atoms with Crippen molar-refractivity contribution in [3.63, 3.8) is 0 Å². The zero-order valence-corrected chi connectivity index (χ0v) is 13.5. The molecule has 2 N–H and O–H groups in total. The summed E-state index contributed by atoms with van der Waals surface area (Å²) in [5.74, 6) is 0.189. The van der Waals surface area contributed by atoms with Gasteiger partial charge in [0.25, 0.3) is 5.91 Å². The molecule has 0 fully saturated rings. The van der Waals surface area contributed by atoms with Gasteiger partial charge in [-0.15, -0.1) is 23.5 Å². The maximum Gasteiger partial charge on any atom is 0.255 e. The highest BCUT2D eigenvalue weighted by Crippen LogP contribution is 2.32. The van der Waals surface area contributed by atoms with E-state index in [9.17, 15) is 9.59 Å². The van der Waals surface area contributed by atoms with E-state index in [2.05, 4.69) is 10.6 Å². The minimum absolute atomic E-state index is 0.0391. The molecule has 0 spiro atoms. The van der Waals surface area contributed by atoms with Crippen LogP contribution in [0.3, 0.4) is 0 Å². The van der Waals surface area contributed by atoms with Gasteiger partial charge in [0.05, 0.1) is 11.4 Å². The summed E-state index contributed by atoms with van der Waals surface area (Å²) < 4.78 is 0. The van der Waals surface area contributed by atoms with Gasteiger partial charge in [0, 0.05) is 21.0 Å². The van der Waals surface area contributed by atoms with Gasteiger partial charge in [-0.3, -0.25) is 9.59 Å². The van der Waals surface area contributed by atoms with Crippen LogP contribution in [-0.2, 0) is 4.79 Å². The first-order chi connectivity index (χ1) is 10.7. The van der Waals surface area contributed by atoms with Crippen LogP contribution in [0, 0.1) is 0 Å². The molecule has 0 saturated heterocycles. The summed E-state index contributed by atoms with van der Waals surface area (Å²) in [6.07, 6.45) is 1.99. The molecule has 3 rings (SSSR count). The molecule has 2 aromatic carbocycles. The lowest BCUT2D eigenvalue weighted by molar-refractivity contribution is -0.113. The number of amides is 2. The van der Waals surface area contributed by atoms with Crippen LogP contribution in [0.15, 0.2) is 52.3 Å². The predicted molar refractivity (Wildman–Crippen MR) is 92.0 cm³/mol. The average molecular weight is 330 g/mol. The number of anilines is 2. The summed E-state index contributed by atoms with van der Waals surface area (Å²) >= 11 is 3.10. The highest BCUT2D eigenvalue weighted by molar-refractivity contribution is 8.00. The Hall–Kier alpha value is -1.92. The Balaban J connectivity index is 1.80. The SMILES string of the molecule is CSc1cccc(NC(=O)c2ccc3c(c2)NC(=O)CS3)c1. The molecule has 6 heteroatoms. The fourth-order valence-electron chi connectivity index (χ4n) is 2.13. The van der Waals surface area contributed by atoms with Crippen molar-refractivity contribution in [2.75, 3.05) is 22.6 Å². The van der Waals surface area contributed by atoms with Crippen molar-refractivity contribution in [1.82, 2.24) is 0 Å². The number of hydrogen-bond acceptors (Lipinski definition) is 4. The molecule has 0 radical (unpaired) electrons. The number of benzene rings is 2.